The van der Waals surface area contributed by atoms with Gasteiger partial charge in [0.15, 0.2) is 5.06 Å². The van der Waals surface area contributed by atoms with Gasteiger partial charge in [0.25, 0.3) is 0 Å². The van der Waals surface area contributed by atoms with Crippen LogP contribution in [0.2, 0.25) is 0 Å². The summed E-state index contributed by atoms with van der Waals surface area (Å²) in [6, 6.07) is 7.12. The molecule has 0 aliphatic carbocycles. The Morgan fingerprint density at radius 3 is 2.92 bits per heavy atom. The largest absolute Gasteiger partial charge is 0.499 e. The first-order chi connectivity index (χ1) is 6.22. The zero-order chi connectivity index (χ0) is 9.42. The Morgan fingerprint density at radius 1 is 1.46 bits per heavy atom. The lowest BCUT2D eigenvalue weighted by Gasteiger charge is -1.96. The molecule has 4 heteroatoms. The van der Waals surface area contributed by atoms with Crippen LogP contribution < -0.4 is 5.73 Å². The van der Waals surface area contributed by atoms with E-state index >= 15 is 0 Å². The van der Waals surface area contributed by atoms with E-state index in [1.54, 1.807) is 18.2 Å². The van der Waals surface area contributed by atoms with Crippen LogP contribution in [-0.4, -0.2) is 5.11 Å². The maximum Gasteiger partial charge on any atom is 0.172 e. The van der Waals surface area contributed by atoms with Crippen LogP contribution in [0.25, 0.3) is 10.1 Å². The lowest BCUT2D eigenvalue weighted by Crippen LogP contribution is -1.88. The van der Waals surface area contributed by atoms with Crippen LogP contribution in [0.3, 0.4) is 0 Å². The van der Waals surface area contributed by atoms with Gasteiger partial charge >= 0.3 is 0 Å². The lowest BCUT2D eigenvalue weighted by molar-refractivity contribution is 0.491. The molecule has 2 aromatic rings. The Bertz CT molecular complexity index is 510. The number of benzene rings is 1. The van der Waals surface area contributed by atoms with Crippen molar-refractivity contribution in [2.75, 3.05) is 5.73 Å². The number of hydrogen-bond acceptors (Lipinski definition) is 4. The third-order valence-electron chi connectivity index (χ3n) is 1.82. The van der Waals surface area contributed by atoms with E-state index in [-0.39, 0.29) is 5.06 Å². The average molecular weight is 190 g/mol. The van der Waals surface area contributed by atoms with E-state index in [9.17, 15) is 5.11 Å². The number of hydrogen-bond donors (Lipinski definition) is 2. The zero-order valence-electron chi connectivity index (χ0n) is 6.61. The minimum absolute atomic E-state index is 0.206. The minimum Gasteiger partial charge on any atom is -0.499 e. The fourth-order valence-corrected chi connectivity index (χ4v) is 2.13. The molecule has 0 atom stereocenters. The van der Waals surface area contributed by atoms with Gasteiger partial charge < -0.3 is 10.8 Å². The van der Waals surface area contributed by atoms with E-state index in [2.05, 4.69) is 0 Å². The van der Waals surface area contributed by atoms with E-state index < -0.39 is 0 Å². The molecule has 0 amide bonds. The van der Waals surface area contributed by atoms with Gasteiger partial charge in [0, 0.05) is 0 Å². The molecule has 0 bridgehead atoms. The second kappa shape index (κ2) is 2.64. The third kappa shape index (κ3) is 1.10. The fraction of sp³-hybridized carbons (Fsp3) is 0. The van der Waals surface area contributed by atoms with Crippen molar-refractivity contribution < 1.29 is 5.11 Å². The molecular weight excluding hydrogens is 184 g/mol. The van der Waals surface area contributed by atoms with Crippen molar-refractivity contribution >= 4 is 27.1 Å². The van der Waals surface area contributed by atoms with Crippen LogP contribution in [-0.2, 0) is 0 Å². The van der Waals surface area contributed by atoms with Gasteiger partial charge in [-0.3, -0.25) is 0 Å². The first-order valence-corrected chi connectivity index (χ1v) is 4.45. The summed E-state index contributed by atoms with van der Waals surface area (Å²) in [4.78, 5) is 0. The third-order valence-corrected chi connectivity index (χ3v) is 2.79. The first-order valence-electron chi connectivity index (χ1n) is 3.63. The van der Waals surface area contributed by atoms with E-state index in [4.69, 9.17) is 11.0 Å². The molecule has 1 aromatic carbocycles. The quantitative estimate of drug-likeness (QED) is 0.624. The molecule has 64 valence electrons. The highest BCUT2D eigenvalue weighted by molar-refractivity contribution is 7.21. The van der Waals surface area contributed by atoms with Gasteiger partial charge in [-0.25, -0.2) is 0 Å². The molecular formula is C9H6N2OS. The highest BCUT2D eigenvalue weighted by Gasteiger charge is 2.07. The molecule has 1 heterocycles. The van der Waals surface area contributed by atoms with Crippen LogP contribution in [0.1, 0.15) is 5.56 Å². The Kier molecular flexibility index (Phi) is 1.61. The zero-order valence-corrected chi connectivity index (χ0v) is 7.43. The van der Waals surface area contributed by atoms with Crippen molar-refractivity contribution in [3.05, 3.63) is 23.8 Å². The number of nitrogens with two attached hydrogens (primary N) is 1. The second-order valence-corrected chi connectivity index (χ2v) is 3.68. The van der Waals surface area contributed by atoms with Crippen molar-refractivity contribution in [3.63, 3.8) is 0 Å². The van der Waals surface area contributed by atoms with Crippen molar-refractivity contribution in [2.24, 2.45) is 0 Å². The van der Waals surface area contributed by atoms with Crippen LogP contribution in [0.15, 0.2) is 18.2 Å². The number of nitrogens with zero attached hydrogens (tertiary/aromatic N) is 1. The minimum atomic E-state index is 0.206. The predicted molar refractivity (Wildman–Crippen MR) is 52.6 cm³/mol. The Hall–Kier alpha value is -1.73. The topological polar surface area (TPSA) is 70.0 Å². The number of anilines is 1. The van der Waals surface area contributed by atoms with E-state index in [0.717, 1.165) is 10.1 Å². The normalized spacial score (nSPS) is 10.1. The van der Waals surface area contributed by atoms with Crippen LogP contribution >= 0.6 is 11.3 Å². The Labute approximate surface area is 78.6 Å². The predicted octanol–water partition coefficient (Wildman–Crippen LogP) is 2.06. The molecule has 0 saturated heterocycles. The van der Waals surface area contributed by atoms with Crippen LogP contribution in [0.4, 0.5) is 5.69 Å². The number of fused-ring (bicyclic) bond motifs is 1. The first kappa shape index (κ1) is 7.90. The summed E-state index contributed by atoms with van der Waals surface area (Å²) in [5, 5.41) is 19.1. The molecule has 0 spiro atoms. The van der Waals surface area contributed by atoms with Crippen molar-refractivity contribution in [1.29, 1.82) is 5.26 Å². The number of thiophene rings is 1. The molecule has 0 saturated carbocycles. The number of aromatic hydroxyl groups is 1. The molecule has 0 aliphatic rings. The van der Waals surface area contributed by atoms with Crippen molar-refractivity contribution in [2.45, 2.75) is 0 Å². The van der Waals surface area contributed by atoms with Crippen LogP contribution in [0.5, 0.6) is 5.06 Å². The molecule has 1 aromatic heterocycles. The molecule has 0 radical (unpaired) electrons. The van der Waals surface area contributed by atoms with Gasteiger partial charge in [0.2, 0.25) is 0 Å². The number of nitriles is 1. The van der Waals surface area contributed by atoms with Crippen molar-refractivity contribution in [1.82, 2.24) is 0 Å². The monoisotopic (exact) mass is 190 g/mol. The van der Waals surface area contributed by atoms with Crippen LogP contribution in [0, 0.1) is 11.3 Å². The summed E-state index contributed by atoms with van der Waals surface area (Å²) in [7, 11) is 0. The summed E-state index contributed by atoms with van der Waals surface area (Å²) in [5.74, 6) is 0. The summed E-state index contributed by atoms with van der Waals surface area (Å²) < 4.78 is 0.750. The van der Waals surface area contributed by atoms with Gasteiger partial charge in [-0.15, -0.1) is 0 Å². The summed E-state index contributed by atoms with van der Waals surface area (Å²) in [6.07, 6.45) is 0. The maximum absolute atomic E-state index is 9.24. The summed E-state index contributed by atoms with van der Waals surface area (Å²) >= 11 is 1.17. The average Bonchev–Trinajstić information content (AvgIpc) is 2.45. The fourth-order valence-electron chi connectivity index (χ4n) is 1.22. The van der Waals surface area contributed by atoms with Gasteiger partial charge in [0.05, 0.1) is 16.0 Å². The summed E-state index contributed by atoms with van der Waals surface area (Å²) in [5.41, 5.74) is 6.51. The Morgan fingerprint density at radius 2 is 2.23 bits per heavy atom. The summed E-state index contributed by atoms with van der Waals surface area (Å²) in [6.45, 7) is 0. The van der Waals surface area contributed by atoms with E-state index in [0.29, 0.717) is 11.3 Å². The molecule has 13 heavy (non-hydrogen) atoms. The second-order valence-electron chi connectivity index (χ2n) is 2.64. The Balaban J connectivity index is 2.93. The van der Waals surface area contributed by atoms with E-state index in [1.807, 2.05) is 6.07 Å². The van der Waals surface area contributed by atoms with Crippen molar-refractivity contribution in [3.8, 4) is 11.1 Å². The SMILES string of the molecule is N#Cc1c(N)ccc2cc(O)sc12. The molecule has 0 unspecified atom stereocenters. The number of rotatable bonds is 0. The standard InChI is InChI=1S/C9H6N2OS/c10-4-6-7(11)2-1-5-3-8(12)13-9(5)6/h1-3,12H,11H2. The lowest BCUT2D eigenvalue weighted by atomic mass is 10.1. The molecule has 3 nitrogen and oxygen atoms in total. The maximum atomic E-state index is 9.24. The van der Waals surface area contributed by atoms with Gasteiger partial charge in [-0.2, -0.15) is 5.26 Å². The molecule has 3 N–H and O–H groups in total. The number of nitrogen functional groups attached to an aromatic ring is 1. The highest BCUT2D eigenvalue weighted by atomic mass is 32.1. The molecule has 0 fully saturated rings. The van der Waals surface area contributed by atoms with E-state index in [1.165, 1.54) is 11.3 Å². The molecule has 0 aliphatic heterocycles. The van der Waals surface area contributed by atoms with Gasteiger partial charge in [-0.05, 0) is 17.5 Å². The van der Waals surface area contributed by atoms with Gasteiger partial charge in [0.1, 0.15) is 6.07 Å². The van der Waals surface area contributed by atoms with Gasteiger partial charge in [-0.1, -0.05) is 17.4 Å². The highest BCUT2D eigenvalue weighted by Crippen LogP contribution is 2.34. The molecule has 2 rings (SSSR count). The smallest absolute Gasteiger partial charge is 0.172 e.